The topological polar surface area (TPSA) is 50.2 Å². The van der Waals surface area contributed by atoms with Crippen molar-refractivity contribution in [3.8, 4) is 0 Å². The molecule has 0 aliphatic heterocycles. The first kappa shape index (κ1) is 17.2. The highest BCUT2D eigenvalue weighted by Crippen LogP contribution is 2.23. The minimum Gasteiger partial charge on any atom is -0.353 e. The van der Waals surface area contributed by atoms with Crippen LogP contribution in [0.3, 0.4) is 0 Å². The molecule has 0 bridgehead atoms. The number of aromatic nitrogens is 2. The van der Waals surface area contributed by atoms with Crippen molar-refractivity contribution in [1.29, 1.82) is 0 Å². The number of nitrogens with zero attached hydrogens (tertiary/aromatic N) is 3. The van der Waals surface area contributed by atoms with Gasteiger partial charge in [-0.1, -0.05) is 6.92 Å². The number of rotatable bonds is 7. The summed E-state index contributed by atoms with van der Waals surface area (Å²) in [5.41, 5.74) is 2.20. The maximum Gasteiger partial charge on any atom is 0.234 e. The van der Waals surface area contributed by atoms with Crippen LogP contribution < -0.4 is 5.32 Å². The standard InChI is InChI=1S/C14H25BrN4O/c1-6-11-14(15)12(19(7-2)17-11)8-18(5)9-13(20)16-10(3)4/h10H,6-9H2,1-5H3,(H,16,20). The summed E-state index contributed by atoms with van der Waals surface area (Å²) in [6.07, 6.45) is 0.901. The maximum atomic E-state index is 11.8. The Balaban J connectivity index is 2.72. The summed E-state index contributed by atoms with van der Waals surface area (Å²) < 4.78 is 3.07. The van der Waals surface area contributed by atoms with Gasteiger partial charge >= 0.3 is 0 Å². The van der Waals surface area contributed by atoms with Gasteiger partial charge in [-0.15, -0.1) is 0 Å². The quantitative estimate of drug-likeness (QED) is 0.824. The molecule has 1 aromatic rings. The van der Waals surface area contributed by atoms with Gasteiger partial charge < -0.3 is 5.32 Å². The summed E-state index contributed by atoms with van der Waals surface area (Å²) in [5, 5.41) is 7.47. The number of halogens is 1. The van der Waals surface area contributed by atoms with Gasteiger partial charge in [0.15, 0.2) is 0 Å². The van der Waals surface area contributed by atoms with E-state index in [1.807, 2.05) is 30.5 Å². The molecule has 20 heavy (non-hydrogen) atoms. The van der Waals surface area contributed by atoms with Crippen molar-refractivity contribution in [1.82, 2.24) is 20.0 Å². The molecule has 0 fully saturated rings. The summed E-state index contributed by atoms with van der Waals surface area (Å²) in [4.78, 5) is 13.8. The van der Waals surface area contributed by atoms with Crippen LogP contribution in [0.4, 0.5) is 0 Å². The summed E-state index contributed by atoms with van der Waals surface area (Å²) in [7, 11) is 1.95. The van der Waals surface area contributed by atoms with Gasteiger partial charge in [0.1, 0.15) is 0 Å². The van der Waals surface area contributed by atoms with Gasteiger partial charge in [-0.25, -0.2) is 0 Å². The molecule has 0 saturated heterocycles. The van der Waals surface area contributed by atoms with E-state index in [2.05, 4.69) is 40.2 Å². The highest BCUT2D eigenvalue weighted by Gasteiger charge is 2.16. The van der Waals surface area contributed by atoms with Gasteiger partial charge in [-0.3, -0.25) is 14.4 Å². The van der Waals surface area contributed by atoms with Crippen LogP contribution in [-0.4, -0.2) is 40.2 Å². The van der Waals surface area contributed by atoms with Crippen LogP contribution in [0.1, 0.15) is 39.1 Å². The molecule has 114 valence electrons. The number of hydrogen-bond acceptors (Lipinski definition) is 3. The first-order chi connectivity index (χ1) is 9.38. The lowest BCUT2D eigenvalue weighted by Crippen LogP contribution is -2.38. The van der Waals surface area contributed by atoms with Gasteiger partial charge in [0.25, 0.3) is 0 Å². The van der Waals surface area contributed by atoms with Crippen molar-refractivity contribution in [2.75, 3.05) is 13.6 Å². The Kier molecular flexibility index (Phi) is 6.68. The fourth-order valence-electron chi connectivity index (χ4n) is 2.09. The number of aryl methyl sites for hydroxylation is 2. The zero-order chi connectivity index (χ0) is 15.3. The van der Waals surface area contributed by atoms with Gasteiger partial charge in [-0.2, -0.15) is 5.10 Å². The zero-order valence-electron chi connectivity index (χ0n) is 13.0. The van der Waals surface area contributed by atoms with Crippen LogP contribution in [0.2, 0.25) is 0 Å². The molecule has 1 heterocycles. The molecule has 0 unspecified atom stereocenters. The second kappa shape index (κ2) is 7.78. The minimum atomic E-state index is 0.0527. The predicted molar refractivity (Wildman–Crippen MR) is 84.6 cm³/mol. The number of likely N-dealkylation sites (N-methyl/N-ethyl adjacent to an activating group) is 1. The zero-order valence-corrected chi connectivity index (χ0v) is 14.6. The Bertz CT molecular complexity index is 456. The molecule has 0 aliphatic carbocycles. The SMILES string of the molecule is CCc1nn(CC)c(CN(C)CC(=O)NC(C)C)c1Br. The number of carbonyl (C=O) groups excluding carboxylic acids is 1. The van der Waals surface area contributed by atoms with E-state index in [0.29, 0.717) is 13.1 Å². The van der Waals surface area contributed by atoms with Gasteiger partial charge in [0.2, 0.25) is 5.91 Å². The van der Waals surface area contributed by atoms with E-state index in [4.69, 9.17) is 0 Å². The molecule has 1 amide bonds. The molecule has 6 heteroatoms. The molecular weight excluding hydrogens is 320 g/mol. The second-order valence-electron chi connectivity index (χ2n) is 5.27. The largest absolute Gasteiger partial charge is 0.353 e. The number of carbonyl (C=O) groups is 1. The normalized spacial score (nSPS) is 11.4. The van der Waals surface area contributed by atoms with Gasteiger partial charge in [0, 0.05) is 19.1 Å². The van der Waals surface area contributed by atoms with Crippen LogP contribution in [0.25, 0.3) is 0 Å². The summed E-state index contributed by atoms with van der Waals surface area (Å²) in [5.74, 6) is 0.0527. The highest BCUT2D eigenvalue weighted by molar-refractivity contribution is 9.10. The lowest BCUT2D eigenvalue weighted by molar-refractivity contribution is -0.122. The Morgan fingerprint density at radius 1 is 1.45 bits per heavy atom. The Labute approximate surface area is 129 Å². The third-order valence-corrected chi connectivity index (χ3v) is 3.89. The number of hydrogen-bond donors (Lipinski definition) is 1. The van der Waals surface area contributed by atoms with E-state index in [0.717, 1.165) is 28.8 Å². The van der Waals surface area contributed by atoms with E-state index in [-0.39, 0.29) is 11.9 Å². The molecule has 0 spiro atoms. The molecule has 1 aromatic heterocycles. The maximum absolute atomic E-state index is 11.8. The van der Waals surface area contributed by atoms with Crippen LogP contribution in [-0.2, 0) is 24.3 Å². The van der Waals surface area contributed by atoms with Crippen molar-refractivity contribution in [3.63, 3.8) is 0 Å². The molecule has 1 N–H and O–H groups in total. The van der Waals surface area contributed by atoms with Gasteiger partial charge in [0.05, 0.1) is 22.4 Å². The van der Waals surface area contributed by atoms with Crippen LogP contribution in [0.5, 0.6) is 0 Å². The third-order valence-electron chi connectivity index (χ3n) is 2.98. The molecule has 0 aromatic carbocycles. The van der Waals surface area contributed by atoms with Crippen molar-refractivity contribution < 1.29 is 4.79 Å². The molecule has 0 saturated carbocycles. The Hall–Kier alpha value is -0.880. The van der Waals surface area contributed by atoms with Crippen LogP contribution >= 0.6 is 15.9 Å². The minimum absolute atomic E-state index is 0.0527. The van der Waals surface area contributed by atoms with E-state index in [9.17, 15) is 4.79 Å². The molecular formula is C14H25BrN4O. The number of nitrogens with one attached hydrogen (secondary N) is 1. The van der Waals surface area contributed by atoms with Crippen molar-refractivity contribution in [2.24, 2.45) is 0 Å². The average molecular weight is 345 g/mol. The Morgan fingerprint density at radius 3 is 2.60 bits per heavy atom. The van der Waals surface area contributed by atoms with Crippen molar-refractivity contribution in [2.45, 2.75) is 53.2 Å². The highest BCUT2D eigenvalue weighted by atomic mass is 79.9. The van der Waals surface area contributed by atoms with Crippen LogP contribution in [0.15, 0.2) is 4.47 Å². The van der Waals surface area contributed by atoms with E-state index < -0.39 is 0 Å². The fourth-order valence-corrected chi connectivity index (χ4v) is 2.78. The monoisotopic (exact) mass is 344 g/mol. The number of amides is 1. The fraction of sp³-hybridized carbons (Fsp3) is 0.714. The first-order valence-corrected chi connectivity index (χ1v) is 7.90. The lowest BCUT2D eigenvalue weighted by Gasteiger charge is -2.18. The second-order valence-corrected chi connectivity index (χ2v) is 6.06. The van der Waals surface area contributed by atoms with Crippen molar-refractivity contribution in [3.05, 3.63) is 15.9 Å². The molecule has 0 aliphatic rings. The molecule has 0 radical (unpaired) electrons. The molecule has 1 rings (SSSR count). The van der Waals surface area contributed by atoms with Crippen LogP contribution in [0, 0.1) is 0 Å². The smallest absolute Gasteiger partial charge is 0.234 e. The summed E-state index contributed by atoms with van der Waals surface area (Å²) >= 11 is 3.63. The first-order valence-electron chi connectivity index (χ1n) is 7.10. The van der Waals surface area contributed by atoms with E-state index >= 15 is 0 Å². The van der Waals surface area contributed by atoms with Gasteiger partial charge in [-0.05, 0) is 50.2 Å². The lowest BCUT2D eigenvalue weighted by atomic mass is 10.3. The third kappa shape index (κ3) is 4.59. The average Bonchev–Trinajstić information content (AvgIpc) is 2.65. The summed E-state index contributed by atoms with van der Waals surface area (Å²) in [6, 6.07) is 0.176. The van der Waals surface area contributed by atoms with E-state index in [1.54, 1.807) is 0 Å². The van der Waals surface area contributed by atoms with Crippen molar-refractivity contribution >= 4 is 21.8 Å². The Morgan fingerprint density at radius 2 is 2.10 bits per heavy atom. The predicted octanol–water partition coefficient (Wildman–Crippen LogP) is 2.18. The molecule has 0 atom stereocenters. The molecule has 5 nitrogen and oxygen atoms in total. The van der Waals surface area contributed by atoms with E-state index in [1.165, 1.54) is 0 Å². The summed E-state index contributed by atoms with van der Waals surface area (Å²) in [6.45, 7) is 10.0.